The molecule has 2 N–H and O–H groups in total. The maximum absolute atomic E-state index is 12.1. The Morgan fingerprint density at radius 2 is 2.10 bits per heavy atom. The Kier molecular flexibility index (Phi) is 5.55. The molecule has 1 unspecified atom stereocenters. The predicted molar refractivity (Wildman–Crippen MR) is 74.3 cm³/mol. The summed E-state index contributed by atoms with van der Waals surface area (Å²) in [7, 11) is 2.80. The van der Waals surface area contributed by atoms with Crippen LogP contribution in [-0.4, -0.2) is 44.3 Å². The lowest BCUT2D eigenvalue weighted by atomic mass is 10.1. The van der Waals surface area contributed by atoms with Gasteiger partial charge in [-0.05, 0) is 12.8 Å². The van der Waals surface area contributed by atoms with Crippen molar-refractivity contribution in [3.63, 3.8) is 0 Å². The topological polar surface area (TPSA) is 101 Å². The highest BCUT2D eigenvalue weighted by Gasteiger charge is 2.28. The number of nitrogens with zero attached hydrogens (tertiary/aromatic N) is 1. The number of hydrogen-bond donors (Lipinski definition) is 2. The summed E-state index contributed by atoms with van der Waals surface area (Å²) in [6.07, 6.45) is 0. The summed E-state index contributed by atoms with van der Waals surface area (Å²) < 4.78 is 28.0. The average Bonchev–Trinajstić information content (AvgIpc) is 2.70. The summed E-state index contributed by atoms with van der Waals surface area (Å²) in [5, 5.41) is 8.86. The fourth-order valence-corrected chi connectivity index (χ4v) is 3.04. The van der Waals surface area contributed by atoms with Gasteiger partial charge in [0.1, 0.15) is 4.90 Å². The second-order valence-corrected chi connectivity index (χ2v) is 7.25. The molecule has 1 atom stereocenters. The highest BCUT2D eigenvalue weighted by atomic mass is 35.7. The van der Waals surface area contributed by atoms with Crippen LogP contribution in [-0.2, 0) is 13.8 Å². The Hall–Kier alpha value is -1.12. The van der Waals surface area contributed by atoms with E-state index in [1.807, 2.05) is 13.8 Å². The number of nitrogens with one attached hydrogen (secondary N) is 2. The lowest BCUT2D eigenvalue weighted by Gasteiger charge is -2.21. The molecular formula is C11H18ClN3O4S. The van der Waals surface area contributed by atoms with Crippen molar-refractivity contribution in [2.45, 2.75) is 31.7 Å². The molecular weight excluding hydrogens is 306 g/mol. The van der Waals surface area contributed by atoms with Crippen LogP contribution in [0.2, 0.25) is 0 Å². The minimum atomic E-state index is -4.05. The van der Waals surface area contributed by atoms with Crippen LogP contribution < -0.4 is 5.32 Å². The zero-order chi connectivity index (χ0) is 15.5. The minimum absolute atomic E-state index is 0.120. The van der Waals surface area contributed by atoms with Crippen LogP contribution in [0.25, 0.3) is 0 Å². The third-order valence-electron chi connectivity index (χ3n) is 2.82. The molecule has 0 bridgehead atoms. The van der Waals surface area contributed by atoms with Gasteiger partial charge >= 0.3 is 0 Å². The van der Waals surface area contributed by atoms with Gasteiger partial charge in [0.25, 0.3) is 15.0 Å². The molecule has 0 aliphatic rings. The van der Waals surface area contributed by atoms with Crippen LogP contribution in [0.15, 0.2) is 4.90 Å². The summed E-state index contributed by atoms with van der Waals surface area (Å²) in [5.41, 5.74) is -0.0164. The number of carbonyl (C=O) groups is 1. The monoisotopic (exact) mass is 323 g/mol. The van der Waals surface area contributed by atoms with E-state index in [0.29, 0.717) is 6.61 Å². The highest BCUT2D eigenvalue weighted by molar-refractivity contribution is 8.13. The van der Waals surface area contributed by atoms with Gasteiger partial charge in [-0.3, -0.25) is 9.89 Å². The van der Waals surface area contributed by atoms with Gasteiger partial charge in [-0.1, -0.05) is 13.8 Å². The van der Waals surface area contributed by atoms with Gasteiger partial charge in [0, 0.05) is 17.8 Å². The second kappa shape index (κ2) is 6.55. The average molecular weight is 324 g/mol. The normalized spacial score (nSPS) is 13.5. The molecule has 7 nitrogen and oxygen atoms in total. The molecule has 0 aromatic carbocycles. The number of rotatable bonds is 6. The molecule has 9 heteroatoms. The van der Waals surface area contributed by atoms with Crippen LogP contribution >= 0.6 is 10.7 Å². The van der Waals surface area contributed by atoms with E-state index in [1.54, 1.807) is 0 Å². The SMILES string of the molecule is COCC(NC(=O)c1n[nH]c(C)c1S(=O)(=O)Cl)C(C)C. The van der Waals surface area contributed by atoms with E-state index >= 15 is 0 Å². The van der Waals surface area contributed by atoms with E-state index in [2.05, 4.69) is 15.5 Å². The van der Waals surface area contributed by atoms with Crippen LogP contribution in [0, 0.1) is 12.8 Å². The van der Waals surface area contributed by atoms with Crippen molar-refractivity contribution >= 4 is 25.6 Å². The third kappa shape index (κ3) is 3.94. The van der Waals surface area contributed by atoms with Gasteiger partial charge < -0.3 is 10.1 Å². The van der Waals surface area contributed by atoms with Crippen LogP contribution in [0.3, 0.4) is 0 Å². The van der Waals surface area contributed by atoms with E-state index in [1.165, 1.54) is 14.0 Å². The van der Waals surface area contributed by atoms with Crippen molar-refractivity contribution < 1.29 is 17.9 Å². The van der Waals surface area contributed by atoms with Crippen molar-refractivity contribution in [3.8, 4) is 0 Å². The van der Waals surface area contributed by atoms with Crippen LogP contribution in [0.4, 0.5) is 0 Å². The Morgan fingerprint density at radius 1 is 1.50 bits per heavy atom. The molecule has 0 saturated heterocycles. The number of ether oxygens (including phenoxy) is 1. The standard InChI is InChI=1S/C11H18ClN3O4S/c1-6(2)8(5-19-4)13-11(16)9-10(20(12,17)18)7(3)14-15-9/h6,8H,5H2,1-4H3,(H,13,16)(H,14,15). The number of methoxy groups -OCH3 is 1. The first-order valence-corrected chi connectivity index (χ1v) is 8.28. The first-order valence-electron chi connectivity index (χ1n) is 5.97. The lowest BCUT2D eigenvalue weighted by Crippen LogP contribution is -2.42. The smallest absolute Gasteiger partial charge is 0.273 e. The van der Waals surface area contributed by atoms with Crippen LogP contribution in [0.1, 0.15) is 30.0 Å². The number of hydrogen-bond acceptors (Lipinski definition) is 5. The maximum Gasteiger partial charge on any atom is 0.273 e. The predicted octanol–water partition coefficient (Wildman–Crippen LogP) is 1.05. The summed E-state index contributed by atoms with van der Waals surface area (Å²) in [4.78, 5) is 11.8. The third-order valence-corrected chi connectivity index (χ3v) is 4.27. The molecule has 1 heterocycles. The molecule has 20 heavy (non-hydrogen) atoms. The summed E-state index contributed by atoms with van der Waals surface area (Å²) >= 11 is 0. The number of aromatic nitrogens is 2. The van der Waals surface area contributed by atoms with Crippen LogP contribution in [0.5, 0.6) is 0 Å². The van der Waals surface area contributed by atoms with Gasteiger partial charge in [-0.15, -0.1) is 0 Å². The first-order chi connectivity index (χ1) is 9.18. The van der Waals surface area contributed by atoms with Gasteiger partial charge in [0.2, 0.25) is 0 Å². The van der Waals surface area contributed by atoms with E-state index in [4.69, 9.17) is 15.4 Å². The molecule has 1 rings (SSSR count). The second-order valence-electron chi connectivity index (χ2n) is 4.74. The zero-order valence-corrected chi connectivity index (χ0v) is 13.3. The van der Waals surface area contributed by atoms with Gasteiger partial charge in [0.15, 0.2) is 5.69 Å². The Morgan fingerprint density at radius 3 is 2.55 bits per heavy atom. The molecule has 0 saturated carbocycles. The Labute approximate surface area is 122 Å². The molecule has 0 spiro atoms. The highest BCUT2D eigenvalue weighted by Crippen LogP contribution is 2.22. The number of amides is 1. The molecule has 1 amide bonds. The molecule has 0 fully saturated rings. The molecule has 0 aliphatic carbocycles. The quantitative estimate of drug-likeness (QED) is 0.762. The van der Waals surface area contributed by atoms with Crippen molar-refractivity contribution in [3.05, 3.63) is 11.4 Å². The number of H-pyrrole nitrogens is 1. The molecule has 114 valence electrons. The van der Waals surface area contributed by atoms with Gasteiger partial charge in [0.05, 0.1) is 18.3 Å². The van der Waals surface area contributed by atoms with E-state index < -0.39 is 15.0 Å². The van der Waals surface area contributed by atoms with E-state index in [-0.39, 0.29) is 28.2 Å². The van der Waals surface area contributed by atoms with E-state index in [9.17, 15) is 13.2 Å². The zero-order valence-electron chi connectivity index (χ0n) is 11.7. The van der Waals surface area contributed by atoms with Crippen molar-refractivity contribution in [1.29, 1.82) is 0 Å². The van der Waals surface area contributed by atoms with Crippen molar-refractivity contribution in [2.24, 2.45) is 5.92 Å². The van der Waals surface area contributed by atoms with Crippen molar-refractivity contribution in [2.75, 3.05) is 13.7 Å². The van der Waals surface area contributed by atoms with Gasteiger partial charge in [-0.2, -0.15) is 5.10 Å². The molecule has 1 aromatic heterocycles. The van der Waals surface area contributed by atoms with Crippen molar-refractivity contribution in [1.82, 2.24) is 15.5 Å². The minimum Gasteiger partial charge on any atom is -0.383 e. The summed E-state index contributed by atoms with van der Waals surface area (Å²) in [5.74, 6) is -0.487. The fourth-order valence-electron chi connectivity index (χ4n) is 1.69. The largest absolute Gasteiger partial charge is 0.383 e. The molecule has 1 aromatic rings. The molecule has 0 aliphatic heterocycles. The number of aromatic amines is 1. The molecule has 0 radical (unpaired) electrons. The fraction of sp³-hybridized carbons (Fsp3) is 0.636. The number of aryl methyl sites for hydroxylation is 1. The Balaban J connectivity index is 3.05. The van der Waals surface area contributed by atoms with Gasteiger partial charge in [-0.25, -0.2) is 8.42 Å². The summed E-state index contributed by atoms with van der Waals surface area (Å²) in [6, 6.07) is -0.254. The Bertz CT molecular complexity index is 582. The lowest BCUT2D eigenvalue weighted by molar-refractivity contribution is 0.0858. The maximum atomic E-state index is 12.1. The van der Waals surface area contributed by atoms with E-state index in [0.717, 1.165) is 0 Å². The first kappa shape index (κ1) is 16.9. The number of carbonyl (C=O) groups excluding carboxylic acids is 1. The number of halogens is 1. The summed E-state index contributed by atoms with van der Waals surface area (Å²) in [6.45, 7) is 5.63.